The van der Waals surface area contributed by atoms with Gasteiger partial charge in [-0.05, 0) is 62.5 Å². The van der Waals surface area contributed by atoms with E-state index in [2.05, 4.69) is 22.5 Å². The molecule has 0 aromatic heterocycles. The maximum Gasteiger partial charge on any atom is 0.224 e. The number of amides is 2. The van der Waals surface area contributed by atoms with Gasteiger partial charge in [0, 0.05) is 19.2 Å². The summed E-state index contributed by atoms with van der Waals surface area (Å²) in [6.45, 7) is 7.98. The highest BCUT2D eigenvalue weighted by molar-refractivity contribution is 5.88. The van der Waals surface area contributed by atoms with Crippen LogP contribution in [0.5, 0.6) is 0 Å². The number of carbonyl (C=O) groups excluding carboxylic acids is 2. The average molecular weight is 331 g/mol. The van der Waals surface area contributed by atoms with Crippen LogP contribution in [0.3, 0.4) is 0 Å². The van der Waals surface area contributed by atoms with Crippen LogP contribution in [0, 0.1) is 5.92 Å². The van der Waals surface area contributed by atoms with Crippen molar-refractivity contribution in [2.24, 2.45) is 5.92 Å². The molecule has 1 heterocycles. The first kappa shape index (κ1) is 18.5. The Morgan fingerprint density at radius 2 is 1.83 bits per heavy atom. The molecular weight excluding hydrogens is 302 g/mol. The molecule has 0 bridgehead atoms. The Labute approximate surface area is 144 Å². The first-order chi connectivity index (χ1) is 11.5. The lowest BCUT2D eigenvalue weighted by atomic mass is 9.99. The minimum Gasteiger partial charge on any atom is -0.356 e. The van der Waals surface area contributed by atoms with E-state index in [1.165, 1.54) is 32.9 Å². The number of piperidine rings is 1. The molecule has 0 unspecified atom stereocenters. The number of hydrogen-bond acceptors (Lipinski definition) is 3. The Morgan fingerprint density at radius 1 is 1.17 bits per heavy atom. The number of carbonyl (C=O) groups is 2. The molecule has 2 amide bonds. The maximum absolute atomic E-state index is 12.0. The lowest BCUT2D eigenvalue weighted by Gasteiger charge is -2.30. The molecule has 0 atom stereocenters. The summed E-state index contributed by atoms with van der Waals surface area (Å²) in [5.74, 6) is 0.816. The van der Waals surface area contributed by atoms with Crippen molar-refractivity contribution < 1.29 is 9.59 Å². The summed E-state index contributed by atoms with van der Waals surface area (Å²) in [4.78, 5) is 25.4. The SMILES string of the molecule is CC(=O)Nc1ccc(CC(=O)NCCCN2CCC(C)CC2)cc1. The Morgan fingerprint density at radius 3 is 2.46 bits per heavy atom. The normalized spacial score (nSPS) is 15.9. The predicted octanol–water partition coefficient (Wildman–Crippen LogP) is 2.43. The van der Waals surface area contributed by atoms with E-state index in [-0.39, 0.29) is 11.8 Å². The van der Waals surface area contributed by atoms with Crippen LogP contribution in [0.15, 0.2) is 24.3 Å². The number of benzene rings is 1. The van der Waals surface area contributed by atoms with Crippen molar-refractivity contribution in [2.45, 2.75) is 39.5 Å². The number of likely N-dealkylation sites (tertiary alicyclic amines) is 1. The van der Waals surface area contributed by atoms with Crippen molar-refractivity contribution >= 4 is 17.5 Å². The number of hydrogen-bond donors (Lipinski definition) is 2. The molecular formula is C19H29N3O2. The van der Waals surface area contributed by atoms with Gasteiger partial charge in [0.1, 0.15) is 0 Å². The molecule has 2 rings (SSSR count). The Hall–Kier alpha value is -1.88. The molecule has 2 N–H and O–H groups in total. The van der Waals surface area contributed by atoms with Gasteiger partial charge in [0.05, 0.1) is 6.42 Å². The van der Waals surface area contributed by atoms with E-state index in [0.29, 0.717) is 6.42 Å². The van der Waals surface area contributed by atoms with Gasteiger partial charge in [-0.15, -0.1) is 0 Å². The summed E-state index contributed by atoms with van der Waals surface area (Å²) in [5, 5.41) is 5.71. The highest BCUT2D eigenvalue weighted by Crippen LogP contribution is 2.15. The lowest BCUT2D eigenvalue weighted by Crippen LogP contribution is -2.35. The molecule has 1 aliphatic heterocycles. The molecule has 5 nitrogen and oxygen atoms in total. The second kappa shape index (κ2) is 9.42. The Balaban J connectivity index is 1.61. The lowest BCUT2D eigenvalue weighted by molar-refractivity contribution is -0.120. The molecule has 5 heteroatoms. The van der Waals surface area contributed by atoms with Gasteiger partial charge in [-0.1, -0.05) is 19.1 Å². The van der Waals surface area contributed by atoms with Crippen molar-refractivity contribution in [3.63, 3.8) is 0 Å². The minimum absolute atomic E-state index is 0.0505. The van der Waals surface area contributed by atoms with Gasteiger partial charge in [-0.3, -0.25) is 9.59 Å². The molecule has 0 spiro atoms. The summed E-state index contributed by atoms with van der Waals surface area (Å²) < 4.78 is 0. The van der Waals surface area contributed by atoms with Crippen LogP contribution in [0.1, 0.15) is 38.7 Å². The van der Waals surface area contributed by atoms with Crippen LogP contribution in [0.4, 0.5) is 5.69 Å². The zero-order chi connectivity index (χ0) is 17.4. The molecule has 132 valence electrons. The van der Waals surface area contributed by atoms with Crippen LogP contribution in [-0.2, 0) is 16.0 Å². The van der Waals surface area contributed by atoms with Gasteiger partial charge in [-0.25, -0.2) is 0 Å². The van der Waals surface area contributed by atoms with Gasteiger partial charge in [0.2, 0.25) is 11.8 Å². The number of rotatable bonds is 7. The molecule has 0 saturated carbocycles. The quantitative estimate of drug-likeness (QED) is 0.754. The molecule has 24 heavy (non-hydrogen) atoms. The molecule has 1 fully saturated rings. The number of nitrogens with one attached hydrogen (secondary N) is 2. The van der Waals surface area contributed by atoms with Crippen molar-refractivity contribution in [2.75, 3.05) is 31.5 Å². The van der Waals surface area contributed by atoms with Crippen LogP contribution in [-0.4, -0.2) is 42.9 Å². The zero-order valence-electron chi connectivity index (χ0n) is 14.8. The maximum atomic E-state index is 12.0. The topological polar surface area (TPSA) is 61.4 Å². The zero-order valence-corrected chi connectivity index (χ0v) is 14.8. The molecule has 1 aromatic rings. The predicted molar refractivity (Wildman–Crippen MR) is 96.9 cm³/mol. The summed E-state index contributed by atoms with van der Waals surface area (Å²) in [7, 11) is 0. The summed E-state index contributed by atoms with van der Waals surface area (Å²) in [6, 6.07) is 7.39. The molecule has 1 aromatic carbocycles. The third kappa shape index (κ3) is 6.71. The number of anilines is 1. The van der Waals surface area contributed by atoms with Crippen LogP contribution in [0.25, 0.3) is 0 Å². The van der Waals surface area contributed by atoms with E-state index >= 15 is 0 Å². The van der Waals surface area contributed by atoms with E-state index in [4.69, 9.17) is 0 Å². The fourth-order valence-electron chi connectivity index (χ4n) is 2.97. The average Bonchev–Trinajstić information content (AvgIpc) is 2.55. The van der Waals surface area contributed by atoms with Crippen molar-refractivity contribution in [3.8, 4) is 0 Å². The first-order valence-corrected chi connectivity index (χ1v) is 8.88. The van der Waals surface area contributed by atoms with Crippen molar-refractivity contribution in [3.05, 3.63) is 29.8 Å². The standard InChI is InChI=1S/C19H29N3O2/c1-15-8-12-22(13-9-15)11-3-10-20-19(24)14-17-4-6-18(7-5-17)21-16(2)23/h4-7,15H,3,8-14H2,1-2H3,(H,20,24)(H,21,23). The van der Waals surface area contributed by atoms with E-state index in [1.807, 2.05) is 24.3 Å². The largest absolute Gasteiger partial charge is 0.356 e. The van der Waals surface area contributed by atoms with Gasteiger partial charge >= 0.3 is 0 Å². The van der Waals surface area contributed by atoms with Gasteiger partial charge < -0.3 is 15.5 Å². The van der Waals surface area contributed by atoms with Gasteiger partial charge in [0.25, 0.3) is 0 Å². The van der Waals surface area contributed by atoms with E-state index in [1.54, 1.807) is 0 Å². The third-order valence-corrected chi connectivity index (χ3v) is 4.49. The smallest absolute Gasteiger partial charge is 0.224 e. The molecule has 0 radical (unpaired) electrons. The molecule has 0 aliphatic carbocycles. The molecule has 1 saturated heterocycles. The highest BCUT2D eigenvalue weighted by atomic mass is 16.2. The third-order valence-electron chi connectivity index (χ3n) is 4.49. The minimum atomic E-state index is -0.0938. The second-order valence-corrected chi connectivity index (χ2v) is 6.78. The fraction of sp³-hybridized carbons (Fsp3) is 0.579. The van der Waals surface area contributed by atoms with Gasteiger partial charge in [0.15, 0.2) is 0 Å². The Kier molecular flexibility index (Phi) is 7.25. The van der Waals surface area contributed by atoms with Crippen LogP contribution >= 0.6 is 0 Å². The van der Waals surface area contributed by atoms with Crippen LogP contribution in [0.2, 0.25) is 0 Å². The van der Waals surface area contributed by atoms with E-state index < -0.39 is 0 Å². The summed E-state index contributed by atoms with van der Waals surface area (Å²) in [5.41, 5.74) is 1.70. The molecule has 1 aliphatic rings. The summed E-state index contributed by atoms with van der Waals surface area (Å²) >= 11 is 0. The Bertz CT molecular complexity index is 534. The van der Waals surface area contributed by atoms with E-state index in [9.17, 15) is 9.59 Å². The highest BCUT2D eigenvalue weighted by Gasteiger charge is 2.14. The van der Waals surface area contributed by atoms with E-state index in [0.717, 1.165) is 36.7 Å². The summed E-state index contributed by atoms with van der Waals surface area (Å²) in [6.07, 6.45) is 3.96. The van der Waals surface area contributed by atoms with Crippen molar-refractivity contribution in [1.29, 1.82) is 0 Å². The second-order valence-electron chi connectivity index (χ2n) is 6.78. The fourth-order valence-corrected chi connectivity index (χ4v) is 2.97. The monoisotopic (exact) mass is 331 g/mol. The van der Waals surface area contributed by atoms with Crippen molar-refractivity contribution in [1.82, 2.24) is 10.2 Å². The first-order valence-electron chi connectivity index (χ1n) is 8.88. The van der Waals surface area contributed by atoms with Gasteiger partial charge in [-0.2, -0.15) is 0 Å². The number of nitrogens with zero attached hydrogens (tertiary/aromatic N) is 1. The van der Waals surface area contributed by atoms with Crippen LogP contribution < -0.4 is 10.6 Å².